The Bertz CT molecular complexity index is 2620. The molecule has 4 aliphatic heterocycles. The molecule has 3 fully saturated rings. The lowest BCUT2D eigenvalue weighted by Gasteiger charge is -2.45. The number of aromatic nitrogens is 3. The summed E-state index contributed by atoms with van der Waals surface area (Å²) in [6, 6.07) is 11.6. The Kier molecular flexibility index (Phi) is 12.6. The standard InChI is InChI=1S/C49H59N9O8/c1-9-38(59)55-25-49(26-55)46(63)58(47(64)53-49)41(28(3)4)43(60)52-36-23-30-14-11-15-31(22-30)34-18-19-37-40(51-34)33(42(56(37)10-2)32-16-12-20-50-39(32)29(5)65-8)24-48(6,7)27-66-45(62)35-17-13-21-57(54-35)44(36)61/h9,11-12,14-16,18-20,22,28-29,35-36,41,54H,1,10,13,17,21,23-27H2,2-8H3,(H,52,60)(H,53,64)/t29-,35-,36-,41-/m0/s1. The van der Waals surface area contributed by atoms with E-state index in [2.05, 4.69) is 60.1 Å². The van der Waals surface area contributed by atoms with Crippen molar-refractivity contribution in [3.8, 4) is 22.5 Å². The van der Waals surface area contributed by atoms with E-state index in [1.807, 2.05) is 43.3 Å². The zero-order chi connectivity index (χ0) is 47.2. The molecule has 0 aliphatic carbocycles. The number of likely N-dealkylation sites (tertiary alicyclic amines) is 1. The predicted octanol–water partition coefficient (Wildman–Crippen LogP) is 4.48. The van der Waals surface area contributed by atoms with Crippen molar-refractivity contribution in [1.82, 2.24) is 45.4 Å². The Balaban J connectivity index is 1.19. The zero-order valence-corrected chi connectivity index (χ0v) is 38.7. The number of imide groups is 1. The summed E-state index contributed by atoms with van der Waals surface area (Å²) in [5.41, 5.74) is 8.75. The molecule has 0 saturated carbocycles. The van der Waals surface area contributed by atoms with Crippen LogP contribution >= 0.6 is 0 Å². The van der Waals surface area contributed by atoms with Crippen molar-refractivity contribution in [3.63, 3.8) is 0 Å². The second-order valence-corrected chi connectivity index (χ2v) is 19.0. The summed E-state index contributed by atoms with van der Waals surface area (Å²) < 4.78 is 14.1. The lowest BCUT2D eigenvalue weighted by atomic mass is 9.85. The number of carbonyl (C=O) groups is 6. The van der Waals surface area contributed by atoms with E-state index in [1.165, 1.54) is 9.91 Å². The molecule has 4 aliphatic rings. The van der Waals surface area contributed by atoms with Crippen LogP contribution in [0.5, 0.6) is 0 Å². The molecule has 0 radical (unpaired) electrons. The van der Waals surface area contributed by atoms with Gasteiger partial charge in [-0.05, 0) is 81.0 Å². The summed E-state index contributed by atoms with van der Waals surface area (Å²) in [7, 11) is 1.66. The SMILES string of the molecule is C=CC(=O)N1CC2(C1)NC(=O)N([C@H](C(=O)N[C@H]1Cc3cccc(c3)-c3ccc4c(n3)c(c(-c3cccnc3[C@H](C)OC)n4CC)CC(C)(C)COC(=O)[C@@H]3CCCN(N3)C1=O)C(C)C)C2=O. The average Bonchev–Trinajstić information content (AvgIpc) is 3.74. The zero-order valence-electron chi connectivity index (χ0n) is 38.7. The normalized spacial score (nSPS) is 21.5. The van der Waals surface area contributed by atoms with Crippen LogP contribution < -0.4 is 16.1 Å². The fourth-order valence-corrected chi connectivity index (χ4v) is 9.77. The van der Waals surface area contributed by atoms with Crippen molar-refractivity contribution in [2.45, 2.75) is 104 Å². The summed E-state index contributed by atoms with van der Waals surface area (Å²) in [5, 5.41) is 6.99. The van der Waals surface area contributed by atoms with Crippen LogP contribution in [0.1, 0.15) is 77.3 Å². The maximum Gasteiger partial charge on any atom is 0.325 e. The fourth-order valence-electron chi connectivity index (χ4n) is 9.77. The quantitative estimate of drug-likeness (QED) is 0.122. The van der Waals surface area contributed by atoms with Gasteiger partial charge in [-0.25, -0.2) is 20.1 Å². The number of hydrazine groups is 1. The monoisotopic (exact) mass is 901 g/mol. The minimum atomic E-state index is -1.36. The van der Waals surface area contributed by atoms with Crippen molar-refractivity contribution in [2.75, 3.05) is 33.4 Å². The van der Waals surface area contributed by atoms with Gasteiger partial charge in [0.2, 0.25) is 11.8 Å². The molecule has 4 aromatic rings. The topological polar surface area (TPSA) is 197 Å². The molecule has 3 aromatic heterocycles. The lowest BCUT2D eigenvalue weighted by Crippen LogP contribution is -2.72. The van der Waals surface area contributed by atoms with Gasteiger partial charge in [0.1, 0.15) is 18.1 Å². The van der Waals surface area contributed by atoms with Gasteiger partial charge in [-0.1, -0.05) is 52.5 Å². The average molecular weight is 902 g/mol. The predicted molar refractivity (Wildman–Crippen MR) is 245 cm³/mol. The van der Waals surface area contributed by atoms with Crippen LogP contribution in [0.2, 0.25) is 0 Å². The first-order chi connectivity index (χ1) is 31.5. The van der Waals surface area contributed by atoms with Crippen molar-refractivity contribution in [1.29, 1.82) is 0 Å². The Morgan fingerprint density at radius 1 is 1.08 bits per heavy atom. The Hall–Kier alpha value is -6.46. The van der Waals surface area contributed by atoms with Gasteiger partial charge in [-0.3, -0.25) is 34.0 Å². The molecule has 17 heteroatoms. The third-order valence-electron chi connectivity index (χ3n) is 13.2. The van der Waals surface area contributed by atoms with Crippen LogP contribution in [0.3, 0.4) is 0 Å². The van der Waals surface area contributed by atoms with Crippen LogP contribution in [-0.4, -0.2) is 122 Å². The number of nitrogens with one attached hydrogen (secondary N) is 3. The molecule has 6 amide bonds. The highest BCUT2D eigenvalue weighted by Gasteiger charge is 2.61. The summed E-state index contributed by atoms with van der Waals surface area (Å²) >= 11 is 0. The van der Waals surface area contributed by atoms with E-state index in [0.29, 0.717) is 37.1 Å². The maximum atomic E-state index is 14.7. The number of methoxy groups -OCH3 is 1. The molecule has 6 bridgehead atoms. The third kappa shape index (κ3) is 8.45. The van der Waals surface area contributed by atoms with Crippen molar-refractivity contribution >= 4 is 46.7 Å². The highest BCUT2D eigenvalue weighted by molar-refractivity contribution is 6.12. The van der Waals surface area contributed by atoms with E-state index in [1.54, 1.807) is 27.2 Å². The molecule has 66 heavy (non-hydrogen) atoms. The van der Waals surface area contributed by atoms with Crippen LogP contribution in [0, 0.1) is 11.3 Å². The second-order valence-electron chi connectivity index (χ2n) is 19.0. The number of hydrogen-bond donors (Lipinski definition) is 3. The van der Waals surface area contributed by atoms with Crippen LogP contribution in [0.15, 0.2) is 67.4 Å². The van der Waals surface area contributed by atoms with E-state index in [0.717, 1.165) is 50.1 Å². The number of pyridine rings is 2. The molecular formula is C49H59N9O8. The Morgan fingerprint density at radius 2 is 1.85 bits per heavy atom. The van der Waals surface area contributed by atoms with Gasteiger partial charge < -0.3 is 29.6 Å². The molecule has 1 aromatic carbocycles. The molecule has 348 valence electrons. The molecule has 0 unspecified atom stereocenters. The number of amides is 6. The minimum absolute atomic E-state index is 0.0265. The molecule has 8 rings (SSSR count). The molecule has 4 atom stereocenters. The number of esters is 1. The van der Waals surface area contributed by atoms with Gasteiger partial charge in [-0.2, -0.15) is 0 Å². The second kappa shape index (κ2) is 18.1. The minimum Gasteiger partial charge on any atom is -0.464 e. The molecule has 1 spiro atoms. The Labute approximate surface area is 384 Å². The van der Waals surface area contributed by atoms with E-state index in [4.69, 9.17) is 19.4 Å². The van der Waals surface area contributed by atoms with Gasteiger partial charge >= 0.3 is 12.0 Å². The number of hydrogen-bond acceptors (Lipinski definition) is 11. The summed E-state index contributed by atoms with van der Waals surface area (Å²) in [4.78, 5) is 95.3. The van der Waals surface area contributed by atoms with Gasteiger partial charge in [0.15, 0.2) is 5.54 Å². The fraction of sp³-hybridized carbons (Fsp3) is 0.469. The van der Waals surface area contributed by atoms with Crippen LogP contribution in [0.25, 0.3) is 33.5 Å². The first-order valence-electron chi connectivity index (χ1n) is 22.7. The van der Waals surface area contributed by atoms with Crippen LogP contribution in [0.4, 0.5) is 4.79 Å². The van der Waals surface area contributed by atoms with E-state index >= 15 is 0 Å². The summed E-state index contributed by atoms with van der Waals surface area (Å²) in [5.74, 6) is -3.28. The van der Waals surface area contributed by atoms with Crippen molar-refractivity contribution < 1.29 is 38.2 Å². The molecule has 3 saturated heterocycles. The number of carbonyl (C=O) groups excluding carboxylic acids is 6. The van der Waals surface area contributed by atoms with Gasteiger partial charge in [0.05, 0.1) is 53.9 Å². The molecule has 17 nitrogen and oxygen atoms in total. The number of ether oxygens (including phenoxy) is 2. The molecular weight excluding hydrogens is 843 g/mol. The first-order valence-corrected chi connectivity index (χ1v) is 22.7. The lowest BCUT2D eigenvalue weighted by molar-refractivity contribution is -0.155. The van der Waals surface area contributed by atoms with Crippen molar-refractivity contribution in [2.24, 2.45) is 11.3 Å². The smallest absolute Gasteiger partial charge is 0.325 e. The van der Waals surface area contributed by atoms with Gasteiger partial charge in [0.25, 0.3) is 11.8 Å². The Morgan fingerprint density at radius 3 is 2.56 bits per heavy atom. The number of aryl methyl sites for hydroxylation is 1. The number of rotatable bonds is 9. The number of nitrogens with zero attached hydrogens (tertiary/aromatic N) is 6. The molecule has 3 N–H and O–H groups in total. The number of urea groups is 1. The number of fused-ring (bicyclic) bond motifs is 6. The van der Waals surface area contributed by atoms with E-state index in [-0.39, 0.29) is 44.7 Å². The largest absolute Gasteiger partial charge is 0.464 e. The number of benzene rings is 1. The summed E-state index contributed by atoms with van der Waals surface area (Å²) in [6.07, 6.45) is 4.05. The van der Waals surface area contributed by atoms with E-state index in [9.17, 15) is 28.8 Å². The highest BCUT2D eigenvalue weighted by Crippen LogP contribution is 2.41. The molecule has 7 heterocycles. The third-order valence-corrected chi connectivity index (χ3v) is 13.2. The maximum absolute atomic E-state index is 14.7. The van der Waals surface area contributed by atoms with Crippen LogP contribution in [-0.2, 0) is 52.8 Å². The van der Waals surface area contributed by atoms with Gasteiger partial charge in [0, 0.05) is 54.9 Å². The first kappa shape index (κ1) is 46.1. The van der Waals surface area contributed by atoms with E-state index < -0.39 is 64.7 Å². The number of cyclic esters (lactones) is 1. The van der Waals surface area contributed by atoms with Gasteiger partial charge in [-0.15, -0.1) is 0 Å². The summed E-state index contributed by atoms with van der Waals surface area (Å²) in [6.45, 7) is 16.0. The highest BCUT2D eigenvalue weighted by atomic mass is 16.5. The van der Waals surface area contributed by atoms with Crippen molar-refractivity contribution in [3.05, 3.63) is 84.2 Å².